The first-order valence-corrected chi connectivity index (χ1v) is 6.23. The predicted molar refractivity (Wildman–Crippen MR) is 72.9 cm³/mol. The quantitative estimate of drug-likeness (QED) is 0.700. The highest BCUT2D eigenvalue weighted by atomic mass is 16.1. The first kappa shape index (κ1) is 13.4. The Morgan fingerprint density at radius 2 is 1.74 bits per heavy atom. The number of rotatable bonds is 3. The van der Waals surface area contributed by atoms with Gasteiger partial charge in [0.25, 0.3) is 5.91 Å². The standard InChI is InChI=1S/C13H18N4O2/c14-9-3-5-17(6-4-9)11-2-1-8(12(15)18)7-10(11)13(16)19/h1-2,7,9H,3-6,14H2,(H2,15,18)(H2,16,19). The van der Waals surface area contributed by atoms with Crippen molar-refractivity contribution in [1.82, 2.24) is 0 Å². The second-order valence-corrected chi connectivity index (χ2v) is 4.78. The molecule has 6 heteroatoms. The van der Waals surface area contributed by atoms with Gasteiger partial charge >= 0.3 is 0 Å². The summed E-state index contributed by atoms with van der Waals surface area (Å²) >= 11 is 0. The lowest BCUT2D eigenvalue weighted by Gasteiger charge is -2.33. The Balaban J connectivity index is 2.34. The summed E-state index contributed by atoms with van der Waals surface area (Å²) in [6, 6.07) is 4.99. The number of nitrogens with zero attached hydrogens (tertiary/aromatic N) is 1. The zero-order valence-corrected chi connectivity index (χ0v) is 10.6. The first-order chi connectivity index (χ1) is 8.99. The largest absolute Gasteiger partial charge is 0.371 e. The van der Waals surface area contributed by atoms with Crippen molar-refractivity contribution >= 4 is 17.5 Å². The molecule has 1 aliphatic heterocycles. The van der Waals surface area contributed by atoms with E-state index in [1.54, 1.807) is 12.1 Å². The number of carbonyl (C=O) groups is 2. The molecular formula is C13H18N4O2. The summed E-state index contributed by atoms with van der Waals surface area (Å²) in [6.45, 7) is 1.55. The highest BCUT2D eigenvalue weighted by Gasteiger charge is 2.21. The molecule has 6 nitrogen and oxygen atoms in total. The lowest BCUT2D eigenvalue weighted by Crippen LogP contribution is -2.40. The van der Waals surface area contributed by atoms with Gasteiger partial charge in [-0.3, -0.25) is 9.59 Å². The molecule has 1 heterocycles. The lowest BCUT2D eigenvalue weighted by molar-refractivity contribution is 0.0999. The van der Waals surface area contributed by atoms with Crippen molar-refractivity contribution in [1.29, 1.82) is 0 Å². The van der Waals surface area contributed by atoms with Crippen LogP contribution in [-0.4, -0.2) is 30.9 Å². The Morgan fingerprint density at radius 1 is 1.11 bits per heavy atom. The van der Waals surface area contributed by atoms with Crippen LogP contribution in [0.5, 0.6) is 0 Å². The van der Waals surface area contributed by atoms with E-state index in [2.05, 4.69) is 4.90 Å². The predicted octanol–water partition coefficient (Wildman–Crippen LogP) is -0.188. The van der Waals surface area contributed by atoms with Gasteiger partial charge in [-0.15, -0.1) is 0 Å². The number of hydrogen-bond acceptors (Lipinski definition) is 4. The fraction of sp³-hybridized carbons (Fsp3) is 0.385. The van der Waals surface area contributed by atoms with Crippen LogP contribution in [0.4, 0.5) is 5.69 Å². The Bertz CT molecular complexity index is 507. The number of benzene rings is 1. The number of piperidine rings is 1. The van der Waals surface area contributed by atoms with Crippen LogP contribution in [0.1, 0.15) is 33.6 Å². The second kappa shape index (κ2) is 5.27. The highest BCUT2D eigenvalue weighted by molar-refractivity contribution is 6.02. The fourth-order valence-corrected chi connectivity index (χ4v) is 2.30. The van der Waals surface area contributed by atoms with Crippen molar-refractivity contribution in [3.8, 4) is 0 Å². The van der Waals surface area contributed by atoms with Gasteiger partial charge in [0.05, 0.1) is 5.56 Å². The van der Waals surface area contributed by atoms with Crippen LogP contribution in [-0.2, 0) is 0 Å². The minimum atomic E-state index is -0.574. The molecule has 1 aliphatic rings. The summed E-state index contributed by atoms with van der Waals surface area (Å²) in [5.41, 5.74) is 17.8. The van der Waals surface area contributed by atoms with Crippen LogP contribution in [0.3, 0.4) is 0 Å². The molecule has 0 radical (unpaired) electrons. The maximum absolute atomic E-state index is 11.5. The molecule has 0 atom stereocenters. The van der Waals surface area contributed by atoms with Crippen molar-refractivity contribution in [2.75, 3.05) is 18.0 Å². The number of anilines is 1. The smallest absolute Gasteiger partial charge is 0.250 e. The highest BCUT2D eigenvalue weighted by Crippen LogP contribution is 2.24. The Kier molecular flexibility index (Phi) is 3.71. The van der Waals surface area contributed by atoms with E-state index in [1.165, 1.54) is 6.07 Å². The van der Waals surface area contributed by atoms with Crippen molar-refractivity contribution in [3.05, 3.63) is 29.3 Å². The normalized spacial score (nSPS) is 16.4. The molecule has 1 aromatic rings. The molecular weight excluding hydrogens is 244 g/mol. The number of primary amides is 2. The molecule has 0 saturated carbocycles. The molecule has 0 unspecified atom stereocenters. The second-order valence-electron chi connectivity index (χ2n) is 4.78. The van der Waals surface area contributed by atoms with E-state index in [9.17, 15) is 9.59 Å². The van der Waals surface area contributed by atoms with Crippen LogP contribution in [0, 0.1) is 0 Å². The minimum absolute atomic E-state index is 0.207. The zero-order valence-electron chi connectivity index (χ0n) is 10.6. The molecule has 0 aromatic heterocycles. The van der Waals surface area contributed by atoms with Crippen LogP contribution >= 0.6 is 0 Å². The molecule has 0 aliphatic carbocycles. The minimum Gasteiger partial charge on any atom is -0.371 e. The van der Waals surface area contributed by atoms with E-state index in [1.807, 2.05) is 0 Å². The van der Waals surface area contributed by atoms with Crippen molar-refractivity contribution in [2.24, 2.45) is 17.2 Å². The van der Waals surface area contributed by atoms with Gasteiger partial charge in [-0.25, -0.2) is 0 Å². The molecule has 2 amide bonds. The van der Waals surface area contributed by atoms with E-state index in [0.29, 0.717) is 5.56 Å². The molecule has 0 spiro atoms. The summed E-state index contributed by atoms with van der Waals surface area (Å²) in [5.74, 6) is -1.14. The lowest BCUT2D eigenvalue weighted by atomic mass is 10.0. The average molecular weight is 262 g/mol. The molecule has 19 heavy (non-hydrogen) atoms. The SMILES string of the molecule is NC(=O)c1ccc(N2CCC(N)CC2)c(C(N)=O)c1. The van der Waals surface area contributed by atoms with Gasteiger partial charge in [-0.05, 0) is 31.0 Å². The maximum Gasteiger partial charge on any atom is 0.250 e. The van der Waals surface area contributed by atoms with Crippen LogP contribution < -0.4 is 22.1 Å². The third kappa shape index (κ3) is 2.85. The molecule has 1 saturated heterocycles. The van der Waals surface area contributed by atoms with E-state index in [-0.39, 0.29) is 11.6 Å². The van der Waals surface area contributed by atoms with Gasteiger partial charge in [0, 0.05) is 30.4 Å². The van der Waals surface area contributed by atoms with Crippen molar-refractivity contribution in [3.63, 3.8) is 0 Å². The van der Waals surface area contributed by atoms with Crippen LogP contribution in [0.15, 0.2) is 18.2 Å². The van der Waals surface area contributed by atoms with Gasteiger partial charge in [-0.1, -0.05) is 0 Å². The Labute approximate surface area is 111 Å². The number of hydrogen-bond donors (Lipinski definition) is 3. The molecule has 6 N–H and O–H groups in total. The van der Waals surface area contributed by atoms with Crippen molar-refractivity contribution in [2.45, 2.75) is 18.9 Å². The number of amides is 2. The topological polar surface area (TPSA) is 115 Å². The average Bonchev–Trinajstić information content (AvgIpc) is 2.38. The van der Waals surface area contributed by atoms with E-state index in [4.69, 9.17) is 17.2 Å². The Hall–Kier alpha value is -2.08. The van der Waals surface area contributed by atoms with Crippen LogP contribution in [0.25, 0.3) is 0 Å². The fourth-order valence-electron chi connectivity index (χ4n) is 2.30. The summed E-state index contributed by atoms with van der Waals surface area (Å²) in [6.07, 6.45) is 1.74. The van der Waals surface area contributed by atoms with Gasteiger partial charge in [-0.2, -0.15) is 0 Å². The van der Waals surface area contributed by atoms with Gasteiger partial charge in [0.2, 0.25) is 5.91 Å². The third-order valence-corrected chi connectivity index (χ3v) is 3.43. The summed E-state index contributed by atoms with van der Waals surface area (Å²) < 4.78 is 0. The van der Waals surface area contributed by atoms with E-state index < -0.39 is 11.8 Å². The van der Waals surface area contributed by atoms with E-state index in [0.717, 1.165) is 31.6 Å². The molecule has 1 fully saturated rings. The summed E-state index contributed by atoms with van der Waals surface area (Å²) in [5, 5.41) is 0. The van der Waals surface area contributed by atoms with Gasteiger partial charge in [0.15, 0.2) is 0 Å². The molecule has 1 aromatic carbocycles. The molecule has 0 bridgehead atoms. The molecule has 102 valence electrons. The number of nitrogens with two attached hydrogens (primary N) is 3. The summed E-state index contributed by atoms with van der Waals surface area (Å²) in [7, 11) is 0. The first-order valence-electron chi connectivity index (χ1n) is 6.23. The Morgan fingerprint density at radius 3 is 2.26 bits per heavy atom. The number of carbonyl (C=O) groups excluding carboxylic acids is 2. The third-order valence-electron chi connectivity index (χ3n) is 3.43. The van der Waals surface area contributed by atoms with Crippen molar-refractivity contribution < 1.29 is 9.59 Å². The monoisotopic (exact) mass is 262 g/mol. The van der Waals surface area contributed by atoms with E-state index >= 15 is 0 Å². The molecule has 2 rings (SSSR count). The van der Waals surface area contributed by atoms with Gasteiger partial charge in [0.1, 0.15) is 0 Å². The maximum atomic E-state index is 11.5. The van der Waals surface area contributed by atoms with Crippen LogP contribution in [0.2, 0.25) is 0 Å². The zero-order chi connectivity index (χ0) is 14.0. The summed E-state index contributed by atoms with van der Waals surface area (Å²) in [4.78, 5) is 24.7. The van der Waals surface area contributed by atoms with Gasteiger partial charge < -0.3 is 22.1 Å².